The largest absolute Gasteiger partial charge is 0.493 e. The highest BCUT2D eigenvalue weighted by Crippen LogP contribution is 2.24. The zero-order chi connectivity index (χ0) is 16.8. The fourth-order valence-corrected chi connectivity index (χ4v) is 2.74. The molecule has 7 nitrogen and oxygen atoms in total. The van der Waals surface area contributed by atoms with Crippen LogP contribution in [-0.4, -0.2) is 23.7 Å². The second-order valence-corrected chi connectivity index (χ2v) is 6.22. The van der Waals surface area contributed by atoms with Gasteiger partial charge in [-0.3, -0.25) is 14.9 Å². The van der Waals surface area contributed by atoms with Crippen molar-refractivity contribution >= 4 is 44.4 Å². The Morgan fingerprint density at radius 1 is 1.48 bits per heavy atom. The van der Waals surface area contributed by atoms with Crippen molar-refractivity contribution in [3.8, 4) is 5.75 Å². The standard InChI is InChI=1S/C14H12BrN3O4S/c1-2-22-12-5-3-9(15)7-11(12)14(19)17-16-8-10-4-6-13(23-10)18(20)21/h3-8H,2H2,1H3,(H,17,19)/b16-8-. The van der Waals surface area contributed by atoms with E-state index in [0.717, 1.165) is 15.8 Å². The lowest BCUT2D eigenvalue weighted by atomic mass is 10.2. The summed E-state index contributed by atoms with van der Waals surface area (Å²) in [5, 5.41) is 14.4. The van der Waals surface area contributed by atoms with E-state index in [0.29, 0.717) is 22.8 Å². The van der Waals surface area contributed by atoms with Crippen molar-refractivity contribution < 1.29 is 14.5 Å². The molecule has 0 bridgehead atoms. The van der Waals surface area contributed by atoms with E-state index in [2.05, 4.69) is 26.5 Å². The van der Waals surface area contributed by atoms with Crippen molar-refractivity contribution in [1.29, 1.82) is 0 Å². The van der Waals surface area contributed by atoms with Crippen LogP contribution in [0.15, 0.2) is 39.9 Å². The smallest absolute Gasteiger partial charge is 0.324 e. The molecule has 1 aromatic heterocycles. The molecule has 1 amide bonds. The molecule has 1 heterocycles. The number of hydrazone groups is 1. The number of benzene rings is 1. The molecule has 1 N–H and O–H groups in total. The molecule has 2 aromatic rings. The van der Waals surface area contributed by atoms with Crippen molar-refractivity contribution in [3.05, 3.63) is 55.4 Å². The summed E-state index contributed by atoms with van der Waals surface area (Å²) in [6, 6.07) is 8.04. The first-order valence-corrected chi connectivity index (χ1v) is 8.12. The Morgan fingerprint density at radius 2 is 2.26 bits per heavy atom. The maximum absolute atomic E-state index is 12.2. The van der Waals surface area contributed by atoms with Gasteiger partial charge in [-0.05, 0) is 31.2 Å². The predicted molar refractivity (Wildman–Crippen MR) is 91.3 cm³/mol. The number of ether oxygens (including phenoxy) is 1. The third kappa shape index (κ3) is 4.60. The highest BCUT2D eigenvalue weighted by atomic mass is 79.9. The van der Waals surface area contributed by atoms with E-state index < -0.39 is 10.8 Å². The van der Waals surface area contributed by atoms with Gasteiger partial charge in [0, 0.05) is 10.5 Å². The molecule has 2 rings (SSSR count). The molecule has 0 aliphatic heterocycles. The third-order valence-electron chi connectivity index (χ3n) is 2.64. The first-order chi connectivity index (χ1) is 11.0. The van der Waals surface area contributed by atoms with Crippen LogP contribution in [0.5, 0.6) is 5.75 Å². The molecule has 0 fully saturated rings. The van der Waals surface area contributed by atoms with Crippen molar-refractivity contribution in [1.82, 2.24) is 5.43 Å². The van der Waals surface area contributed by atoms with Crippen molar-refractivity contribution in [2.45, 2.75) is 6.92 Å². The van der Waals surface area contributed by atoms with Gasteiger partial charge in [0.05, 0.1) is 28.2 Å². The number of hydrogen-bond donors (Lipinski definition) is 1. The van der Waals surface area contributed by atoms with Crippen molar-refractivity contribution in [2.75, 3.05) is 6.61 Å². The molecule has 9 heteroatoms. The summed E-state index contributed by atoms with van der Waals surface area (Å²) >= 11 is 4.27. The van der Waals surface area contributed by atoms with E-state index in [9.17, 15) is 14.9 Å². The second-order valence-electron chi connectivity index (χ2n) is 4.21. The molecular formula is C14H12BrN3O4S. The summed E-state index contributed by atoms with van der Waals surface area (Å²) < 4.78 is 6.14. The number of thiophene rings is 1. The number of nitrogens with one attached hydrogen (secondary N) is 1. The molecule has 0 saturated heterocycles. The second kappa shape index (κ2) is 7.84. The zero-order valence-corrected chi connectivity index (χ0v) is 14.4. The van der Waals surface area contributed by atoms with Gasteiger partial charge in [-0.25, -0.2) is 5.43 Å². The highest BCUT2D eigenvalue weighted by Gasteiger charge is 2.13. The third-order valence-corrected chi connectivity index (χ3v) is 4.10. The van der Waals surface area contributed by atoms with Crippen LogP contribution < -0.4 is 10.2 Å². The minimum Gasteiger partial charge on any atom is -0.493 e. The first kappa shape index (κ1) is 17.1. The Bertz CT molecular complexity index is 760. The summed E-state index contributed by atoms with van der Waals surface area (Å²) in [5.41, 5.74) is 2.72. The fraction of sp³-hybridized carbons (Fsp3) is 0.143. The van der Waals surface area contributed by atoms with Crippen LogP contribution in [0.1, 0.15) is 22.2 Å². The minimum atomic E-state index is -0.476. The van der Waals surface area contributed by atoms with E-state index in [-0.39, 0.29) is 5.00 Å². The molecule has 0 spiro atoms. The normalized spacial score (nSPS) is 10.7. The number of nitrogens with zero attached hydrogens (tertiary/aromatic N) is 2. The number of carbonyl (C=O) groups is 1. The molecule has 0 unspecified atom stereocenters. The monoisotopic (exact) mass is 397 g/mol. The average molecular weight is 398 g/mol. The number of halogens is 1. The SMILES string of the molecule is CCOc1ccc(Br)cc1C(=O)N/N=C\c1ccc([N+](=O)[O-])s1. The summed E-state index contributed by atoms with van der Waals surface area (Å²) in [7, 11) is 0. The molecule has 0 aliphatic rings. The van der Waals surface area contributed by atoms with E-state index in [4.69, 9.17) is 4.74 Å². The van der Waals surface area contributed by atoms with Gasteiger partial charge in [0.2, 0.25) is 0 Å². The van der Waals surface area contributed by atoms with Gasteiger partial charge < -0.3 is 4.74 Å². The lowest BCUT2D eigenvalue weighted by molar-refractivity contribution is -0.380. The predicted octanol–water partition coefficient (Wildman–Crippen LogP) is 3.58. The van der Waals surface area contributed by atoms with Crippen molar-refractivity contribution in [2.24, 2.45) is 5.10 Å². The van der Waals surface area contributed by atoms with E-state index in [1.165, 1.54) is 12.3 Å². The minimum absolute atomic E-state index is 0.0170. The Morgan fingerprint density at radius 3 is 2.91 bits per heavy atom. The van der Waals surface area contributed by atoms with Gasteiger partial charge >= 0.3 is 5.00 Å². The number of nitro groups is 1. The molecule has 0 saturated carbocycles. The molecule has 1 aromatic carbocycles. The van der Waals surface area contributed by atoms with E-state index in [1.54, 1.807) is 24.3 Å². The summed E-state index contributed by atoms with van der Waals surface area (Å²) in [6.45, 7) is 2.26. The van der Waals surface area contributed by atoms with E-state index in [1.807, 2.05) is 6.92 Å². The number of hydrogen-bond acceptors (Lipinski definition) is 6. The number of amides is 1. The van der Waals surface area contributed by atoms with Crippen LogP contribution in [0.3, 0.4) is 0 Å². The average Bonchev–Trinajstić information content (AvgIpc) is 2.98. The Hall–Kier alpha value is -2.26. The lowest BCUT2D eigenvalue weighted by Crippen LogP contribution is -2.18. The Kier molecular flexibility index (Phi) is 5.83. The first-order valence-electron chi connectivity index (χ1n) is 6.51. The summed E-state index contributed by atoms with van der Waals surface area (Å²) in [5.74, 6) is 0.0206. The molecule has 0 radical (unpaired) electrons. The maximum Gasteiger partial charge on any atom is 0.324 e. The summed E-state index contributed by atoms with van der Waals surface area (Å²) in [6.07, 6.45) is 1.36. The van der Waals surface area contributed by atoms with Crippen molar-refractivity contribution in [3.63, 3.8) is 0 Å². The maximum atomic E-state index is 12.2. The molecule has 0 aliphatic carbocycles. The molecule has 120 valence electrons. The molecular weight excluding hydrogens is 386 g/mol. The van der Waals surface area contributed by atoms with Crippen LogP contribution in [0, 0.1) is 10.1 Å². The van der Waals surface area contributed by atoms with Crippen LogP contribution in [-0.2, 0) is 0 Å². The summed E-state index contributed by atoms with van der Waals surface area (Å²) in [4.78, 5) is 22.9. The van der Waals surface area contributed by atoms with Crippen LogP contribution in [0.2, 0.25) is 0 Å². The van der Waals surface area contributed by atoms with Crippen LogP contribution >= 0.6 is 27.3 Å². The van der Waals surface area contributed by atoms with Crippen LogP contribution in [0.25, 0.3) is 0 Å². The number of rotatable bonds is 6. The fourth-order valence-electron chi connectivity index (χ4n) is 1.69. The van der Waals surface area contributed by atoms with Gasteiger partial charge in [0.1, 0.15) is 5.75 Å². The quantitative estimate of drug-likeness (QED) is 0.457. The van der Waals surface area contributed by atoms with Gasteiger partial charge in [0.15, 0.2) is 0 Å². The Labute approximate surface area is 144 Å². The van der Waals surface area contributed by atoms with Gasteiger partial charge in [-0.1, -0.05) is 27.3 Å². The Balaban J connectivity index is 2.08. The number of carbonyl (C=O) groups excluding carboxylic acids is 1. The van der Waals surface area contributed by atoms with Crippen LogP contribution in [0.4, 0.5) is 5.00 Å². The van der Waals surface area contributed by atoms with Gasteiger partial charge in [-0.15, -0.1) is 0 Å². The highest BCUT2D eigenvalue weighted by molar-refractivity contribution is 9.10. The van der Waals surface area contributed by atoms with Gasteiger partial charge in [-0.2, -0.15) is 5.10 Å². The topological polar surface area (TPSA) is 93.8 Å². The zero-order valence-electron chi connectivity index (χ0n) is 12.0. The lowest BCUT2D eigenvalue weighted by Gasteiger charge is -2.09. The van der Waals surface area contributed by atoms with Gasteiger partial charge in [0.25, 0.3) is 5.91 Å². The molecule has 0 atom stereocenters. The van der Waals surface area contributed by atoms with E-state index >= 15 is 0 Å². The molecule has 23 heavy (non-hydrogen) atoms.